The average Bonchev–Trinajstić information content (AvgIpc) is 2.72. The van der Waals surface area contributed by atoms with Crippen molar-refractivity contribution in [3.63, 3.8) is 0 Å². The van der Waals surface area contributed by atoms with Crippen molar-refractivity contribution in [2.75, 3.05) is 6.54 Å². The largest absolute Gasteiger partial charge is 0.480 e. The fraction of sp³-hybridized carbons (Fsp3) is 0.533. The Hall–Kier alpha value is -1.06. The van der Waals surface area contributed by atoms with Crippen LogP contribution in [0.3, 0.4) is 0 Å². The summed E-state index contributed by atoms with van der Waals surface area (Å²) in [7, 11) is 0. The molecule has 2 rings (SSSR count). The summed E-state index contributed by atoms with van der Waals surface area (Å²) in [5, 5.41) is 10.2. The molecule has 0 bridgehead atoms. The molecule has 1 unspecified atom stereocenters. The van der Waals surface area contributed by atoms with Crippen molar-refractivity contribution in [2.24, 2.45) is 0 Å². The molecule has 104 valence electrons. The molecule has 0 saturated heterocycles. The number of rotatable bonds is 4. The van der Waals surface area contributed by atoms with Gasteiger partial charge in [0.15, 0.2) is 0 Å². The number of carbonyl (C=O) groups is 1. The van der Waals surface area contributed by atoms with E-state index in [0.29, 0.717) is 6.54 Å². The molecule has 4 heteroatoms. The molecule has 0 amide bonds. The Morgan fingerprint density at radius 2 is 2.21 bits per heavy atom. The van der Waals surface area contributed by atoms with E-state index >= 15 is 0 Å². The normalized spacial score (nSPS) is 18.7. The van der Waals surface area contributed by atoms with E-state index in [9.17, 15) is 9.90 Å². The molecule has 0 aliphatic heterocycles. The molecule has 1 aliphatic rings. The first-order chi connectivity index (χ1) is 8.87. The van der Waals surface area contributed by atoms with Gasteiger partial charge in [-0.1, -0.05) is 24.6 Å². The van der Waals surface area contributed by atoms with Crippen LogP contribution < -0.4 is 0 Å². The van der Waals surface area contributed by atoms with Crippen LogP contribution >= 0.6 is 11.6 Å². The molecular formula is C15H20ClNO2. The lowest BCUT2D eigenvalue weighted by Crippen LogP contribution is -2.51. The van der Waals surface area contributed by atoms with Crippen LogP contribution in [0.5, 0.6) is 0 Å². The summed E-state index contributed by atoms with van der Waals surface area (Å²) in [6.45, 7) is 6.27. The van der Waals surface area contributed by atoms with Crippen LogP contribution in [0.15, 0.2) is 18.2 Å². The predicted molar refractivity (Wildman–Crippen MR) is 76.6 cm³/mol. The number of nitrogens with zero attached hydrogens (tertiary/aromatic N) is 1. The molecule has 1 aromatic carbocycles. The van der Waals surface area contributed by atoms with E-state index in [-0.39, 0.29) is 6.04 Å². The first-order valence-electron chi connectivity index (χ1n) is 6.66. The highest BCUT2D eigenvalue weighted by Crippen LogP contribution is 2.40. The van der Waals surface area contributed by atoms with Crippen molar-refractivity contribution in [1.29, 1.82) is 0 Å². The molecule has 1 N–H and O–H groups in total. The summed E-state index contributed by atoms with van der Waals surface area (Å²) >= 11 is 6.02. The molecule has 3 nitrogen and oxygen atoms in total. The molecule has 0 spiro atoms. The zero-order valence-electron chi connectivity index (χ0n) is 11.6. The lowest BCUT2D eigenvalue weighted by atomic mass is 9.97. The van der Waals surface area contributed by atoms with E-state index in [0.717, 1.165) is 17.9 Å². The topological polar surface area (TPSA) is 40.5 Å². The maximum atomic E-state index is 11.5. The van der Waals surface area contributed by atoms with Crippen molar-refractivity contribution in [1.82, 2.24) is 4.90 Å². The molecular weight excluding hydrogens is 262 g/mol. The third kappa shape index (κ3) is 2.49. The summed E-state index contributed by atoms with van der Waals surface area (Å²) in [5.74, 6) is -0.781. The van der Waals surface area contributed by atoms with Crippen molar-refractivity contribution >= 4 is 17.6 Å². The molecule has 1 aromatic rings. The second-order valence-electron chi connectivity index (χ2n) is 5.55. The van der Waals surface area contributed by atoms with Crippen molar-refractivity contribution < 1.29 is 9.90 Å². The Morgan fingerprint density at radius 1 is 1.53 bits per heavy atom. The number of hydrogen-bond donors (Lipinski definition) is 1. The van der Waals surface area contributed by atoms with Crippen LogP contribution in [-0.2, 0) is 11.2 Å². The van der Waals surface area contributed by atoms with E-state index in [1.807, 2.05) is 25.1 Å². The van der Waals surface area contributed by atoms with Gasteiger partial charge in [0, 0.05) is 11.1 Å². The van der Waals surface area contributed by atoms with Gasteiger partial charge in [-0.15, -0.1) is 0 Å². The van der Waals surface area contributed by atoms with E-state index in [1.54, 1.807) is 13.8 Å². The maximum absolute atomic E-state index is 11.5. The van der Waals surface area contributed by atoms with Gasteiger partial charge >= 0.3 is 5.97 Å². The fourth-order valence-corrected chi connectivity index (χ4v) is 3.21. The number of halogens is 1. The van der Waals surface area contributed by atoms with Gasteiger partial charge in [-0.05, 0) is 56.5 Å². The number of benzene rings is 1. The minimum absolute atomic E-state index is 0.170. The minimum Gasteiger partial charge on any atom is -0.480 e. The van der Waals surface area contributed by atoms with Crippen molar-refractivity contribution in [3.8, 4) is 0 Å². The second-order valence-corrected chi connectivity index (χ2v) is 5.98. The second kappa shape index (κ2) is 5.14. The van der Waals surface area contributed by atoms with Crippen LogP contribution in [0.2, 0.25) is 5.02 Å². The highest BCUT2D eigenvalue weighted by Gasteiger charge is 2.40. The standard InChI is InChI=1S/C15H20ClNO2/c1-4-17(15(2,3)14(18)19)13-8-5-10-9-11(16)6-7-12(10)13/h6-7,9,13H,4-5,8H2,1-3H3,(H,18,19). The highest BCUT2D eigenvalue weighted by molar-refractivity contribution is 6.30. The van der Waals surface area contributed by atoms with E-state index in [1.165, 1.54) is 11.1 Å². The van der Waals surface area contributed by atoms with Crippen molar-refractivity contribution in [3.05, 3.63) is 34.3 Å². The molecule has 0 saturated carbocycles. The summed E-state index contributed by atoms with van der Waals surface area (Å²) < 4.78 is 0. The van der Waals surface area contributed by atoms with Crippen molar-refractivity contribution in [2.45, 2.75) is 45.2 Å². The maximum Gasteiger partial charge on any atom is 0.323 e. The number of aliphatic carboxylic acids is 1. The number of hydrogen-bond acceptors (Lipinski definition) is 2. The fourth-order valence-electron chi connectivity index (χ4n) is 3.02. The summed E-state index contributed by atoms with van der Waals surface area (Å²) in [6, 6.07) is 6.10. The molecule has 0 fully saturated rings. The third-order valence-corrected chi connectivity index (χ3v) is 4.34. The Labute approximate surface area is 119 Å². The van der Waals surface area contributed by atoms with Crippen LogP contribution in [-0.4, -0.2) is 28.1 Å². The number of fused-ring (bicyclic) bond motifs is 1. The van der Waals surface area contributed by atoms with Crippen LogP contribution in [0.4, 0.5) is 0 Å². The van der Waals surface area contributed by atoms with Gasteiger partial charge in [-0.2, -0.15) is 0 Å². The summed E-state index contributed by atoms with van der Waals surface area (Å²) in [5.41, 5.74) is 1.61. The molecule has 19 heavy (non-hydrogen) atoms. The molecule has 1 aliphatic carbocycles. The van der Waals surface area contributed by atoms with Gasteiger partial charge in [-0.25, -0.2) is 0 Å². The first kappa shape index (κ1) is 14.4. The number of aryl methyl sites for hydroxylation is 1. The molecule has 0 heterocycles. The van der Waals surface area contributed by atoms with Gasteiger partial charge in [0.1, 0.15) is 5.54 Å². The van der Waals surface area contributed by atoms with Gasteiger partial charge in [0.05, 0.1) is 0 Å². The molecule has 0 radical (unpaired) electrons. The van der Waals surface area contributed by atoms with Crippen LogP contribution in [0.1, 0.15) is 44.4 Å². The lowest BCUT2D eigenvalue weighted by molar-refractivity contribution is -0.151. The van der Waals surface area contributed by atoms with Crippen LogP contribution in [0.25, 0.3) is 0 Å². The Morgan fingerprint density at radius 3 is 2.79 bits per heavy atom. The van der Waals surface area contributed by atoms with E-state index in [4.69, 9.17) is 11.6 Å². The van der Waals surface area contributed by atoms with Gasteiger partial charge in [-0.3, -0.25) is 9.69 Å². The Kier molecular flexibility index (Phi) is 3.88. The quantitative estimate of drug-likeness (QED) is 0.918. The molecule has 0 aromatic heterocycles. The summed E-state index contributed by atoms with van der Waals surface area (Å²) in [4.78, 5) is 13.5. The monoisotopic (exact) mass is 281 g/mol. The third-order valence-electron chi connectivity index (χ3n) is 4.11. The van der Waals surface area contributed by atoms with Gasteiger partial charge < -0.3 is 5.11 Å². The zero-order valence-corrected chi connectivity index (χ0v) is 12.4. The van der Waals surface area contributed by atoms with Gasteiger partial charge in [0.2, 0.25) is 0 Å². The van der Waals surface area contributed by atoms with Crippen LogP contribution in [0, 0.1) is 0 Å². The van der Waals surface area contributed by atoms with Gasteiger partial charge in [0.25, 0.3) is 0 Å². The van der Waals surface area contributed by atoms with E-state index < -0.39 is 11.5 Å². The summed E-state index contributed by atoms with van der Waals surface area (Å²) in [6.07, 6.45) is 1.92. The average molecular weight is 282 g/mol. The van der Waals surface area contributed by atoms with E-state index in [2.05, 4.69) is 4.90 Å². The number of carboxylic acids is 1. The number of carboxylic acid groups (broad SMARTS) is 1. The zero-order chi connectivity index (χ0) is 14.2. The Balaban J connectivity index is 2.36. The molecule has 1 atom stereocenters. The smallest absolute Gasteiger partial charge is 0.323 e. The SMILES string of the molecule is CCN(C1CCc2cc(Cl)ccc21)C(C)(C)C(=O)O. The number of likely N-dealkylation sites (N-methyl/N-ethyl adjacent to an activating group) is 1. The predicted octanol–water partition coefficient (Wildman–Crippen LogP) is 3.51. The lowest BCUT2D eigenvalue weighted by Gasteiger charge is -2.39. The minimum atomic E-state index is -0.860. The Bertz CT molecular complexity index is 499. The highest BCUT2D eigenvalue weighted by atomic mass is 35.5. The first-order valence-corrected chi connectivity index (χ1v) is 7.04.